The first kappa shape index (κ1) is 16.4. The second kappa shape index (κ2) is 6.98. The van der Waals surface area contributed by atoms with Crippen molar-refractivity contribution < 1.29 is 4.79 Å². The molecule has 0 atom stereocenters. The summed E-state index contributed by atoms with van der Waals surface area (Å²) in [5.41, 5.74) is 4.90. The maximum absolute atomic E-state index is 13.3. The highest BCUT2D eigenvalue weighted by molar-refractivity contribution is 6.12. The van der Waals surface area contributed by atoms with Crippen LogP contribution in [0.4, 0.5) is 0 Å². The van der Waals surface area contributed by atoms with Crippen molar-refractivity contribution >= 4 is 5.78 Å². The maximum atomic E-state index is 13.3. The summed E-state index contributed by atoms with van der Waals surface area (Å²) in [6.45, 7) is 5.90. The van der Waals surface area contributed by atoms with Gasteiger partial charge in [-0.15, -0.1) is 0 Å². The van der Waals surface area contributed by atoms with Crippen LogP contribution >= 0.6 is 0 Å². The molecule has 2 aromatic carbocycles. The number of aryl methyl sites for hydroxylation is 1. The van der Waals surface area contributed by atoms with Crippen LogP contribution in [0.3, 0.4) is 0 Å². The molecule has 0 amide bonds. The number of nitrogens with one attached hydrogen (secondary N) is 1. The predicted octanol–water partition coefficient (Wildman–Crippen LogP) is 3.87. The van der Waals surface area contributed by atoms with Gasteiger partial charge in [-0.3, -0.25) is 4.79 Å². The summed E-state index contributed by atoms with van der Waals surface area (Å²) in [5.74, 6) is 0.311. The van der Waals surface area contributed by atoms with Gasteiger partial charge in [0.1, 0.15) is 0 Å². The van der Waals surface area contributed by atoms with Gasteiger partial charge in [0.2, 0.25) is 0 Å². The molecule has 122 valence electrons. The molecular formula is C21H22N2O. The molecule has 0 radical (unpaired) electrons. The van der Waals surface area contributed by atoms with E-state index < -0.39 is 0 Å². The zero-order chi connectivity index (χ0) is 17.1. The largest absolute Gasteiger partial charge is 0.317 e. The highest BCUT2D eigenvalue weighted by atomic mass is 16.1. The lowest BCUT2D eigenvalue weighted by molar-refractivity contribution is 0.103. The van der Waals surface area contributed by atoms with Crippen molar-refractivity contribution in [3.8, 4) is 6.07 Å². The summed E-state index contributed by atoms with van der Waals surface area (Å²) in [7, 11) is 0. The number of piperidine rings is 1. The van der Waals surface area contributed by atoms with Crippen LogP contribution in [0.1, 0.15) is 56.9 Å². The van der Waals surface area contributed by atoms with E-state index in [1.54, 1.807) is 6.07 Å². The van der Waals surface area contributed by atoms with Crippen LogP contribution in [0, 0.1) is 25.2 Å². The molecular weight excluding hydrogens is 296 g/mol. The first-order chi connectivity index (χ1) is 11.6. The Kier molecular flexibility index (Phi) is 4.78. The van der Waals surface area contributed by atoms with Gasteiger partial charge in [-0.25, -0.2) is 0 Å². The van der Waals surface area contributed by atoms with Gasteiger partial charge in [0.25, 0.3) is 0 Å². The topological polar surface area (TPSA) is 52.9 Å². The smallest absolute Gasteiger partial charge is 0.194 e. The summed E-state index contributed by atoms with van der Waals surface area (Å²) in [4.78, 5) is 13.3. The van der Waals surface area contributed by atoms with E-state index in [9.17, 15) is 10.1 Å². The van der Waals surface area contributed by atoms with Gasteiger partial charge in [0, 0.05) is 11.1 Å². The molecule has 1 saturated heterocycles. The number of ketones is 1. The van der Waals surface area contributed by atoms with E-state index >= 15 is 0 Å². The van der Waals surface area contributed by atoms with E-state index in [1.165, 1.54) is 0 Å². The Morgan fingerprint density at radius 1 is 1.12 bits per heavy atom. The first-order valence-electron chi connectivity index (χ1n) is 8.48. The average molecular weight is 318 g/mol. The van der Waals surface area contributed by atoms with Gasteiger partial charge in [0.05, 0.1) is 11.6 Å². The standard InChI is InChI=1S/C21H22N2O/c1-14-5-3-7-18(15(14)2)21(24)20-17(13-22)6-4-8-19(20)16-9-11-23-12-10-16/h3-8,16,23H,9-12H2,1-2H3. The minimum absolute atomic E-state index is 0.0260. The van der Waals surface area contributed by atoms with E-state index in [0.717, 1.165) is 42.6 Å². The number of nitriles is 1. The highest BCUT2D eigenvalue weighted by Crippen LogP contribution is 2.32. The molecule has 0 spiro atoms. The van der Waals surface area contributed by atoms with Crippen molar-refractivity contribution in [3.05, 3.63) is 69.8 Å². The number of hydrogen-bond acceptors (Lipinski definition) is 3. The Balaban J connectivity index is 2.13. The summed E-state index contributed by atoms with van der Waals surface area (Å²) >= 11 is 0. The Morgan fingerprint density at radius 3 is 2.54 bits per heavy atom. The van der Waals surface area contributed by atoms with Crippen molar-refractivity contribution in [1.82, 2.24) is 5.32 Å². The monoisotopic (exact) mass is 318 g/mol. The molecule has 1 heterocycles. The fraction of sp³-hybridized carbons (Fsp3) is 0.333. The molecule has 0 aromatic heterocycles. The number of carbonyl (C=O) groups excluding carboxylic acids is 1. The quantitative estimate of drug-likeness (QED) is 0.874. The van der Waals surface area contributed by atoms with Crippen LogP contribution in [0.5, 0.6) is 0 Å². The molecule has 3 heteroatoms. The predicted molar refractivity (Wildman–Crippen MR) is 95.4 cm³/mol. The van der Waals surface area contributed by atoms with Gasteiger partial charge in [-0.05, 0) is 68.5 Å². The minimum atomic E-state index is -0.0260. The van der Waals surface area contributed by atoms with Crippen molar-refractivity contribution in [1.29, 1.82) is 5.26 Å². The lowest BCUT2D eigenvalue weighted by Crippen LogP contribution is -2.27. The summed E-state index contributed by atoms with van der Waals surface area (Å²) in [5, 5.41) is 12.9. The molecule has 0 unspecified atom stereocenters. The summed E-state index contributed by atoms with van der Waals surface area (Å²) in [6, 6.07) is 13.7. The average Bonchev–Trinajstić information content (AvgIpc) is 2.63. The summed E-state index contributed by atoms with van der Waals surface area (Å²) in [6.07, 6.45) is 2.00. The van der Waals surface area contributed by atoms with Gasteiger partial charge in [-0.1, -0.05) is 30.3 Å². The fourth-order valence-corrected chi connectivity index (χ4v) is 3.52. The molecule has 24 heavy (non-hydrogen) atoms. The van der Waals surface area contributed by atoms with Gasteiger partial charge in [-0.2, -0.15) is 5.26 Å². The molecule has 1 fully saturated rings. The lowest BCUT2D eigenvalue weighted by atomic mass is 9.82. The SMILES string of the molecule is Cc1cccc(C(=O)c2c(C#N)cccc2C2CCNCC2)c1C. The van der Waals surface area contributed by atoms with Crippen LogP contribution in [0.25, 0.3) is 0 Å². The van der Waals surface area contributed by atoms with E-state index in [0.29, 0.717) is 22.6 Å². The van der Waals surface area contributed by atoms with E-state index in [-0.39, 0.29) is 5.78 Å². The maximum Gasteiger partial charge on any atom is 0.194 e. The van der Waals surface area contributed by atoms with Crippen molar-refractivity contribution in [3.63, 3.8) is 0 Å². The van der Waals surface area contributed by atoms with Crippen LogP contribution in [0.15, 0.2) is 36.4 Å². The number of carbonyl (C=O) groups is 1. The summed E-state index contributed by atoms with van der Waals surface area (Å²) < 4.78 is 0. The lowest BCUT2D eigenvalue weighted by Gasteiger charge is -2.25. The normalized spacial score (nSPS) is 15.0. The number of rotatable bonds is 3. The van der Waals surface area contributed by atoms with E-state index in [1.807, 2.05) is 44.2 Å². The fourth-order valence-electron chi connectivity index (χ4n) is 3.52. The number of benzene rings is 2. The third-order valence-electron chi connectivity index (χ3n) is 5.07. The van der Waals surface area contributed by atoms with E-state index in [4.69, 9.17) is 0 Å². The molecule has 0 aliphatic carbocycles. The van der Waals surface area contributed by atoms with Crippen molar-refractivity contribution in [2.45, 2.75) is 32.6 Å². The van der Waals surface area contributed by atoms with Crippen molar-refractivity contribution in [2.24, 2.45) is 0 Å². The van der Waals surface area contributed by atoms with Crippen molar-refractivity contribution in [2.75, 3.05) is 13.1 Å². The number of nitrogens with zero attached hydrogens (tertiary/aromatic N) is 1. The van der Waals surface area contributed by atoms with Crippen LogP contribution in [0.2, 0.25) is 0 Å². The molecule has 1 N–H and O–H groups in total. The van der Waals surface area contributed by atoms with Crippen LogP contribution in [-0.4, -0.2) is 18.9 Å². The van der Waals surface area contributed by atoms with Gasteiger partial charge < -0.3 is 5.32 Å². The van der Waals surface area contributed by atoms with E-state index in [2.05, 4.69) is 11.4 Å². The Morgan fingerprint density at radius 2 is 1.83 bits per heavy atom. The van der Waals surface area contributed by atoms with Crippen LogP contribution in [-0.2, 0) is 0 Å². The Bertz CT molecular complexity index is 811. The third-order valence-corrected chi connectivity index (χ3v) is 5.07. The molecule has 0 saturated carbocycles. The second-order valence-corrected chi connectivity index (χ2v) is 6.48. The Labute approximate surface area is 143 Å². The molecule has 1 aliphatic rings. The first-order valence-corrected chi connectivity index (χ1v) is 8.48. The van der Waals surface area contributed by atoms with Gasteiger partial charge >= 0.3 is 0 Å². The minimum Gasteiger partial charge on any atom is -0.317 e. The highest BCUT2D eigenvalue weighted by Gasteiger charge is 2.25. The molecule has 3 nitrogen and oxygen atoms in total. The number of hydrogen-bond donors (Lipinski definition) is 1. The molecule has 3 rings (SSSR count). The second-order valence-electron chi connectivity index (χ2n) is 6.48. The third kappa shape index (κ3) is 2.98. The van der Waals surface area contributed by atoms with Crippen LogP contribution < -0.4 is 5.32 Å². The zero-order valence-electron chi connectivity index (χ0n) is 14.2. The Hall–Kier alpha value is -2.44. The van der Waals surface area contributed by atoms with Gasteiger partial charge in [0.15, 0.2) is 5.78 Å². The molecule has 1 aliphatic heterocycles. The molecule has 2 aromatic rings. The molecule has 0 bridgehead atoms. The zero-order valence-corrected chi connectivity index (χ0v) is 14.2.